The Balaban J connectivity index is 1.47. The summed E-state index contributed by atoms with van der Waals surface area (Å²) in [7, 11) is 0. The van der Waals surface area contributed by atoms with Crippen LogP contribution in [0.25, 0.3) is 0 Å². The van der Waals surface area contributed by atoms with Gasteiger partial charge in [0, 0.05) is 6.42 Å². The number of allylic oxidation sites excluding steroid dienone is 1. The Morgan fingerprint density at radius 3 is 1.19 bits per heavy atom. The lowest BCUT2D eigenvalue weighted by molar-refractivity contribution is -0.379. The molecule has 0 aliphatic carbocycles. The Morgan fingerprint density at radius 1 is 0.443 bits per heavy atom. The Bertz CT molecular complexity index is 1500. The van der Waals surface area contributed by atoms with E-state index in [2.05, 4.69) is 19.2 Å². The van der Waals surface area contributed by atoms with Gasteiger partial charge in [-0.15, -0.1) is 0 Å². The highest BCUT2D eigenvalue weighted by Crippen LogP contribution is 2.33. The number of hydrogen-bond donors (Lipinski definition) is 12. The van der Waals surface area contributed by atoms with Crippen LogP contribution < -0.4 is 5.32 Å². The van der Waals surface area contributed by atoms with Crippen LogP contribution in [0, 0.1) is 0 Å². The Kier molecular flexibility index (Phi) is 40.1. The van der Waals surface area contributed by atoms with Crippen molar-refractivity contribution in [2.24, 2.45) is 0 Å². The third kappa shape index (κ3) is 27.9. The van der Waals surface area contributed by atoms with Crippen molar-refractivity contribution in [3.8, 4) is 0 Å². The molecule has 19 heteroatoms. The molecule has 3 fully saturated rings. The predicted molar refractivity (Wildman–Crippen MR) is 300 cm³/mol. The van der Waals surface area contributed by atoms with Gasteiger partial charge in [-0.05, 0) is 19.3 Å². The first-order valence-corrected chi connectivity index (χ1v) is 31.4. The van der Waals surface area contributed by atoms with Gasteiger partial charge in [-0.25, -0.2) is 0 Å². The van der Waals surface area contributed by atoms with Crippen LogP contribution in [0.15, 0.2) is 12.2 Å². The van der Waals surface area contributed by atoms with Crippen LogP contribution in [0.1, 0.15) is 232 Å². The van der Waals surface area contributed by atoms with E-state index in [1.807, 2.05) is 6.08 Å². The summed E-state index contributed by atoms with van der Waals surface area (Å²) in [6.07, 6.45) is 17.7. The molecular formula is C60H113NO18. The molecular weight excluding hydrogens is 1020 g/mol. The average molecular weight is 1140 g/mol. The van der Waals surface area contributed by atoms with Crippen molar-refractivity contribution in [3.63, 3.8) is 0 Å². The van der Waals surface area contributed by atoms with E-state index in [0.29, 0.717) is 6.42 Å². The highest BCUT2D eigenvalue weighted by atomic mass is 16.8. The zero-order chi connectivity index (χ0) is 57.6. The van der Waals surface area contributed by atoms with Gasteiger partial charge < -0.3 is 89.9 Å². The van der Waals surface area contributed by atoms with Crippen molar-refractivity contribution in [1.29, 1.82) is 0 Å². The second-order valence-electron chi connectivity index (χ2n) is 22.9. The van der Waals surface area contributed by atoms with Crippen LogP contribution in [-0.4, -0.2) is 193 Å². The quantitative estimate of drug-likeness (QED) is 0.0240. The predicted octanol–water partition coefficient (Wildman–Crippen LogP) is 6.16. The average Bonchev–Trinajstić information content (AvgIpc) is 3.56. The lowest BCUT2D eigenvalue weighted by Gasteiger charge is -2.48. The number of aliphatic hydroxyl groups excluding tert-OH is 11. The minimum absolute atomic E-state index is 0.249. The van der Waals surface area contributed by atoms with Gasteiger partial charge in [0.2, 0.25) is 5.91 Å². The molecule has 79 heavy (non-hydrogen) atoms. The van der Waals surface area contributed by atoms with Gasteiger partial charge in [0.15, 0.2) is 18.9 Å². The molecule has 0 aromatic rings. The number of nitrogens with one attached hydrogen (secondary N) is 1. The summed E-state index contributed by atoms with van der Waals surface area (Å²) in [5.74, 6) is -0.272. The molecule has 0 bridgehead atoms. The summed E-state index contributed by atoms with van der Waals surface area (Å²) in [6, 6.07) is -0.966. The highest BCUT2D eigenvalue weighted by molar-refractivity contribution is 5.76. The molecule has 19 nitrogen and oxygen atoms in total. The summed E-state index contributed by atoms with van der Waals surface area (Å²) in [5.41, 5.74) is 0. The molecule has 3 aliphatic heterocycles. The summed E-state index contributed by atoms with van der Waals surface area (Å²) >= 11 is 0. The Morgan fingerprint density at radius 2 is 0.785 bits per heavy atom. The molecule has 0 saturated carbocycles. The monoisotopic (exact) mass is 1140 g/mol. The smallest absolute Gasteiger partial charge is 0.220 e. The third-order valence-corrected chi connectivity index (χ3v) is 16.1. The first-order valence-electron chi connectivity index (χ1n) is 31.4. The molecule has 3 heterocycles. The van der Waals surface area contributed by atoms with Crippen molar-refractivity contribution >= 4 is 5.91 Å². The number of hydrogen-bond acceptors (Lipinski definition) is 18. The van der Waals surface area contributed by atoms with E-state index < -0.39 is 124 Å². The third-order valence-electron chi connectivity index (χ3n) is 16.1. The van der Waals surface area contributed by atoms with Crippen LogP contribution in [0.2, 0.25) is 0 Å². The molecule has 3 rings (SSSR count). The largest absolute Gasteiger partial charge is 0.394 e. The van der Waals surface area contributed by atoms with Gasteiger partial charge in [0.25, 0.3) is 0 Å². The van der Waals surface area contributed by atoms with E-state index in [-0.39, 0.29) is 18.9 Å². The van der Waals surface area contributed by atoms with Gasteiger partial charge in [0.1, 0.15) is 73.2 Å². The summed E-state index contributed by atoms with van der Waals surface area (Å²) in [4.78, 5) is 13.3. The first-order chi connectivity index (χ1) is 38.3. The molecule has 0 aromatic heterocycles. The van der Waals surface area contributed by atoms with Crippen LogP contribution >= 0.6 is 0 Å². The minimum atomic E-state index is -1.97. The van der Waals surface area contributed by atoms with Crippen molar-refractivity contribution < 1.29 is 89.4 Å². The summed E-state index contributed by atoms with van der Waals surface area (Å²) in [5, 5.41) is 120. The molecule has 1 amide bonds. The van der Waals surface area contributed by atoms with Crippen molar-refractivity contribution in [3.05, 3.63) is 12.2 Å². The zero-order valence-electron chi connectivity index (χ0n) is 48.6. The fraction of sp³-hybridized carbons (Fsp3) is 0.950. The number of aliphatic hydroxyl groups is 11. The maximum atomic E-state index is 13.3. The molecule has 0 unspecified atom stereocenters. The van der Waals surface area contributed by atoms with Gasteiger partial charge >= 0.3 is 0 Å². The zero-order valence-corrected chi connectivity index (χ0v) is 48.6. The molecule has 3 saturated heterocycles. The second-order valence-corrected chi connectivity index (χ2v) is 22.9. The summed E-state index contributed by atoms with van der Waals surface area (Å²) < 4.78 is 34.3. The van der Waals surface area contributed by atoms with Gasteiger partial charge in [0.05, 0.1) is 38.6 Å². The molecule has 3 aliphatic rings. The van der Waals surface area contributed by atoms with Crippen LogP contribution in [0.3, 0.4) is 0 Å². The van der Waals surface area contributed by atoms with E-state index >= 15 is 0 Å². The SMILES string of the molecule is CCCCCCCCCCCCC/C=C/[C@@H](O)[C@H](CO[C@@H]1O[C@H](CO)[C@@H](O[C@@H]2O[C@H](CO)[C@H](O[C@H]3O[C@H](CO)[C@H](O)[C@H](O)[C@H]3O)[C@H](O)[C@H]2O)[C@H](O)[C@H]1O)NC(=O)CCCCCCCCCCCCCCCCCCCCCCC. The van der Waals surface area contributed by atoms with Gasteiger partial charge in [-0.3, -0.25) is 4.79 Å². The van der Waals surface area contributed by atoms with Crippen molar-refractivity contribution in [1.82, 2.24) is 5.32 Å². The van der Waals surface area contributed by atoms with E-state index in [4.69, 9.17) is 28.4 Å². The molecule has 0 spiro atoms. The second kappa shape index (κ2) is 44.1. The first kappa shape index (κ1) is 71.8. The summed E-state index contributed by atoms with van der Waals surface area (Å²) in [6.45, 7) is 1.74. The van der Waals surface area contributed by atoms with E-state index in [1.54, 1.807) is 6.08 Å². The topological polar surface area (TPSA) is 307 Å². The van der Waals surface area contributed by atoms with Gasteiger partial charge in [-0.2, -0.15) is 0 Å². The molecule has 17 atom stereocenters. The van der Waals surface area contributed by atoms with Crippen LogP contribution in [0.5, 0.6) is 0 Å². The Labute approximate surface area is 474 Å². The number of carbonyl (C=O) groups excluding carboxylic acids is 1. The highest BCUT2D eigenvalue weighted by Gasteiger charge is 2.53. The van der Waals surface area contributed by atoms with Crippen LogP contribution in [-0.2, 0) is 33.2 Å². The number of carbonyl (C=O) groups is 1. The molecule has 12 N–H and O–H groups in total. The van der Waals surface area contributed by atoms with E-state index in [1.165, 1.54) is 161 Å². The van der Waals surface area contributed by atoms with Crippen molar-refractivity contribution in [2.45, 2.75) is 336 Å². The van der Waals surface area contributed by atoms with E-state index in [9.17, 15) is 61.0 Å². The van der Waals surface area contributed by atoms with Gasteiger partial charge in [-0.1, -0.05) is 219 Å². The standard InChI is InChI=1S/C60H113NO18/c1-3-5-7-9-11-13-15-17-18-19-20-21-22-23-24-26-28-30-32-34-36-38-48(66)61-43(44(65)37-35-33-31-29-27-25-16-14-12-10-8-6-4-2)42-74-58-54(72)51(69)56(46(40-63)76-58)79-60-55(73)52(70)57(47(41-64)77-60)78-59-53(71)50(68)49(67)45(39-62)75-59/h35,37,43-47,49-60,62-65,67-73H,3-34,36,38-42H2,1-2H3,(H,61,66)/b37-35+/t43-,44+,45+,46+,47+,49-,50-,51+,52+,53+,54+,55+,56+,57-,58+,59+,60-/m0/s1. The minimum Gasteiger partial charge on any atom is -0.394 e. The van der Waals surface area contributed by atoms with Crippen molar-refractivity contribution in [2.75, 3.05) is 26.4 Å². The van der Waals surface area contributed by atoms with E-state index in [0.717, 1.165) is 44.9 Å². The normalized spacial score (nSPS) is 30.3. The molecule has 466 valence electrons. The Hall–Kier alpha value is -1.47. The lowest BCUT2D eigenvalue weighted by Crippen LogP contribution is -2.66. The maximum absolute atomic E-state index is 13.3. The fourth-order valence-corrected chi connectivity index (χ4v) is 10.9. The molecule has 0 aromatic carbocycles. The number of rotatable bonds is 47. The maximum Gasteiger partial charge on any atom is 0.220 e. The van der Waals surface area contributed by atoms with Crippen LogP contribution in [0.4, 0.5) is 0 Å². The number of unbranched alkanes of at least 4 members (excludes halogenated alkanes) is 31. The lowest BCUT2D eigenvalue weighted by atomic mass is 9.96. The number of ether oxygens (including phenoxy) is 6. The molecule has 0 radical (unpaired) electrons. The number of amides is 1. The fourth-order valence-electron chi connectivity index (χ4n) is 10.9.